The van der Waals surface area contributed by atoms with Gasteiger partial charge < -0.3 is 5.73 Å². The Labute approximate surface area is 158 Å². The molecule has 4 N–H and O–H groups in total. The lowest BCUT2D eigenvalue weighted by Gasteiger charge is -2.21. The zero-order valence-corrected chi connectivity index (χ0v) is 16.0. The summed E-state index contributed by atoms with van der Waals surface area (Å²) in [7, 11) is -3.94. The number of hydrogen-bond acceptors (Lipinski definition) is 6. The molecule has 0 aliphatic carbocycles. The first-order valence-corrected chi connectivity index (χ1v) is 9.86. The van der Waals surface area contributed by atoms with Gasteiger partial charge in [-0.05, 0) is 35.9 Å². The van der Waals surface area contributed by atoms with E-state index in [-0.39, 0.29) is 33.3 Å². The molecular weight excluding hydrogens is 434 g/mol. The van der Waals surface area contributed by atoms with Crippen LogP contribution in [0.1, 0.15) is 11.5 Å². The average molecular weight is 449 g/mol. The topological polar surface area (TPSA) is 107 Å². The van der Waals surface area contributed by atoms with Crippen molar-refractivity contribution in [2.45, 2.75) is 10.8 Å². The molecule has 1 unspecified atom stereocenters. The molecule has 0 radical (unpaired) electrons. The fraction of sp³-hybridized carbons (Fsp3) is 0.200. The van der Waals surface area contributed by atoms with Crippen LogP contribution in [0.3, 0.4) is 0 Å². The Balaban J connectivity index is 2.11. The van der Waals surface area contributed by atoms with Crippen molar-refractivity contribution in [3.05, 3.63) is 51.5 Å². The molecular formula is C15H15BrClN3O4S. The standard InChI is InChI=1S/C15H15BrClN3O4S/c16-10-1-3-12-9(7-18)8-19(14(12)5-10)25(23,24)11-2-4-13(17)15(6-11)20(21)22/h1-6,9,21-22H,7-8,18H2. The van der Waals surface area contributed by atoms with Crippen molar-refractivity contribution in [3.63, 3.8) is 0 Å². The predicted octanol–water partition coefficient (Wildman–Crippen LogP) is 2.94. The van der Waals surface area contributed by atoms with Crippen LogP contribution in [0, 0.1) is 0 Å². The Kier molecular flexibility index (Phi) is 4.97. The summed E-state index contributed by atoms with van der Waals surface area (Å²) in [6, 6.07) is 9.13. The number of benzene rings is 2. The van der Waals surface area contributed by atoms with E-state index >= 15 is 0 Å². The molecule has 0 aromatic heterocycles. The molecule has 7 nitrogen and oxygen atoms in total. The number of rotatable bonds is 4. The molecule has 1 aliphatic heterocycles. The molecule has 0 saturated heterocycles. The molecule has 2 aromatic rings. The van der Waals surface area contributed by atoms with Gasteiger partial charge in [0.15, 0.2) is 0 Å². The van der Waals surface area contributed by atoms with Crippen molar-refractivity contribution < 1.29 is 18.8 Å². The van der Waals surface area contributed by atoms with Gasteiger partial charge in [0.05, 0.1) is 15.6 Å². The van der Waals surface area contributed by atoms with Gasteiger partial charge in [-0.1, -0.05) is 33.6 Å². The van der Waals surface area contributed by atoms with Crippen LogP contribution < -0.4 is 15.3 Å². The van der Waals surface area contributed by atoms with Gasteiger partial charge in [-0.2, -0.15) is 0 Å². The third kappa shape index (κ3) is 3.23. The van der Waals surface area contributed by atoms with Crippen LogP contribution in [0.4, 0.5) is 11.4 Å². The molecule has 10 heteroatoms. The first-order chi connectivity index (χ1) is 11.8. The summed E-state index contributed by atoms with van der Waals surface area (Å²) in [5.41, 5.74) is 6.96. The predicted molar refractivity (Wildman–Crippen MR) is 98.0 cm³/mol. The number of nitrogens with zero attached hydrogens (tertiary/aromatic N) is 2. The van der Waals surface area contributed by atoms with Crippen LogP contribution in [0.15, 0.2) is 45.8 Å². The third-order valence-corrected chi connectivity index (χ3v) is 6.68. The summed E-state index contributed by atoms with van der Waals surface area (Å²) in [5, 5.41) is 18.2. The van der Waals surface area contributed by atoms with E-state index in [4.69, 9.17) is 17.3 Å². The zero-order chi connectivity index (χ0) is 18.4. The molecule has 25 heavy (non-hydrogen) atoms. The van der Waals surface area contributed by atoms with E-state index in [0.717, 1.165) is 16.1 Å². The highest BCUT2D eigenvalue weighted by molar-refractivity contribution is 9.10. The van der Waals surface area contributed by atoms with Gasteiger partial charge in [0, 0.05) is 23.5 Å². The number of fused-ring (bicyclic) bond motifs is 1. The smallest absolute Gasteiger partial charge is 0.264 e. The third-order valence-electron chi connectivity index (χ3n) is 4.09. The maximum absolute atomic E-state index is 13.1. The quantitative estimate of drug-likeness (QED) is 0.621. The molecule has 0 saturated carbocycles. The van der Waals surface area contributed by atoms with Crippen molar-refractivity contribution in [3.8, 4) is 0 Å². The van der Waals surface area contributed by atoms with Crippen molar-refractivity contribution in [1.29, 1.82) is 0 Å². The number of hydrogen-bond donors (Lipinski definition) is 3. The lowest BCUT2D eigenvalue weighted by atomic mass is 10.0. The van der Waals surface area contributed by atoms with E-state index < -0.39 is 10.0 Å². The molecule has 1 heterocycles. The van der Waals surface area contributed by atoms with Crippen LogP contribution in [0.5, 0.6) is 0 Å². The van der Waals surface area contributed by atoms with Crippen LogP contribution in [-0.4, -0.2) is 31.9 Å². The van der Waals surface area contributed by atoms with E-state index in [9.17, 15) is 18.8 Å². The van der Waals surface area contributed by atoms with Gasteiger partial charge >= 0.3 is 0 Å². The summed E-state index contributed by atoms with van der Waals surface area (Å²) in [4.78, 5) is -0.108. The average Bonchev–Trinajstić information content (AvgIpc) is 2.93. The molecule has 0 spiro atoms. The number of halogens is 2. The monoisotopic (exact) mass is 447 g/mol. The lowest BCUT2D eigenvalue weighted by molar-refractivity contribution is 0.0291. The zero-order valence-electron chi connectivity index (χ0n) is 12.8. The summed E-state index contributed by atoms with van der Waals surface area (Å²) >= 11 is 9.21. The Morgan fingerprint density at radius 2 is 2.00 bits per heavy atom. The highest BCUT2D eigenvalue weighted by atomic mass is 79.9. The van der Waals surface area contributed by atoms with Gasteiger partial charge in [0.2, 0.25) is 0 Å². The van der Waals surface area contributed by atoms with Crippen molar-refractivity contribution >= 4 is 48.9 Å². The summed E-state index contributed by atoms with van der Waals surface area (Å²) in [6.07, 6.45) is 0. The normalized spacial score (nSPS) is 16.8. The molecule has 0 amide bonds. The van der Waals surface area contributed by atoms with E-state index in [0.29, 0.717) is 12.2 Å². The Bertz CT molecular complexity index is 923. The highest BCUT2D eigenvalue weighted by Crippen LogP contribution is 2.41. The first-order valence-electron chi connectivity index (χ1n) is 7.25. The van der Waals surface area contributed by atoms with Gasteiger partial charge in [-0.15, -0.1) is 5.23 Å². The number of sulfonamides is 1. The molecule has 1 aliphatic rings. The minimum absolute atomic E-state index is 0.00773. The maximum Gasteiger partial charge on any atom is 0.264 e. The summed E-state index contributed by atoms with van der Waals surface area (Å²) in [5.74, 6) is -0.114. The molecule has 0 bridgehead atoms. The fourth-order valence-corrected chi connectivity index (χ4v) is 4.93. The number of anilines is 2. The van der Waals surface area contributed by atoms with Gasteiger partial charge in [0.25, 0.3) is 10.0 Å². The van der Waals surface area contributed by atoms with Crippen molar-refractivity contribution in [2.75, 3.05) is 22.6 Å². The molecule has 3 rings (SSSR count). The second kappa shape index (κ2) is 6.75. The minimum atomic E-state index is -3.94. The minimum Gasteiger partial charge on any atom is -0.330 e. The van der Waals surface area contributed by atoms with Gasteiger partial charge in [-0.25, -0.2) is 8.42 Å². The SMILES string of the molecule is NCC1CN(S(=O)(=O)c2ccc(Cl)c(N(O)O)c2)c2cc(Br)ccc21. The lowest BCUT2D eigenvalue weighted by Crippen LogP contribution is -2.31. The van der Waals surface area contributed by atoms with Gasteiger partial charge in [-0.3, -0.25) is 14.7 Å². The second-order valence-electron chi connectivity index (χ2n) is 5.57. The van der Waals surface area contributed by atoms with E-state index in [1.165, 1.54) is 16.4 Å². The van der Waals surface area contributed by atoms with E-state index in [1.54, 1.807) is 6.07 Å². The Hall–Kier alpha value is -1.36. The van der Waals surface area contributed by atoms with Crippen LogP contribution in [0.2, 0.25) is 5.02 Å². The highest BCUT2D eigenvalue weighted by Gasteiger charge is 2.36. The maximum atomic E-state index is 13.1. The second-order valence-corrected chi connectivity index (χ2v) is 8.76. The summed E-state index contributed by atoms with van der Waals surface area (Å²) < 4.78 is 28.2. The van der Waals surface area contributed by atoms with Crippen molar-refractivity contribution in [2.24, 2.45) is 5.73 Å². The molecule has 0 fully saturated rings. The molecule has 134 valence electrons. The van der Waals surface area contributed by atoms with Crippen molar-refractivity contribution in [1.82, 2.24) is 0 Å². The van der Waals surface area contributed by atoms with E-state index in [1.807, 2.05) is 12.1 Å². The fourth-order valence-electron chi connectivity index (χ4n) is 2.84. The Morgan fingerprint density at radius 1 is 1.28 bits per heavy atom. The first kappa shape index (κ1) is 18.4. The molecule has 1 atom stereocenters. The number of nitrogens with two attached hydrogens (primary N) is 1. The van der Waals surface area contributed by atoms with Crippen LogP contribution >= 0.6 is 27.5 Å². The largest absolute Gasteiger partial charge is 0.330 e. The van der Waals surface area contributed by atoms with Crippen LogP contribution in [-0.2, 0) is 10.0 Å². The van der Waals surface area contributed by atoms with Crippen LogP contribution in [0.25, 0.3) is 0 Å². The van der Waals surface area contributed by atoms with E-state index in [2.05, 4.69) is 15.9 Å². The van der Waals surface area contributed by atoms with Gasteiger partial charge in [0.1, 0.15) is 5.69 Å². The molecule has 2 aromatic carbocycles. The Morgan fingerprint density at radius 3 is 2.64 bits per heavy atom. The summed E-state index contributed by atoms with van der Waals surface area (Å²) in [6.45, 7) is 0.526.